The summed E-state index contributed by atoms with van der Waals surface area (Å²) in [7, 11) is 1.56. The smallest absolute Gasteiger partial charge is 0.255 e. The summed E-state index contributed by atoms with van der Waals surface area (Å²) < 4.78 is 11.0. The number of ether oxygens (including phenoxy) is 1. The standard InChI is InChI=1S/C25H17ClN2O3/c1-30-22-10-8-18(13-20(22)26)25-28-21-14-19(9-11-23(21)31-25)27-24(29)17-7-6-15-4-2-3-5-16(15)12-17/h2-14H,1H3,(H,27,29). The Morgan fingerprint density at radius 3 is 2.61 bits per heavy atom. The normalized spacial score (nSPS) is 11.0. The first kappa shape index (κ1) is 19.2. The van der Waals surface area contributed by atoms with Crippen LogP contribution in [0.2, 0.25) is 5.02 Å². The van der Waals surface area contributed by atoms with Crippen molar-refractivity contribution in [3.05, 3.63) is 89.4 Å². The summed E-state index contributed by atoms with van der Waals surface area (Å²) >= 11 is 6.21. The number of fused-ring (bicyclic) bond motifs is 2. The van der Waals surface area contributed by atoms with Crippen LogP contribution in [0.5, 0.6) is 5.75 Å². The second-order valence-corrected chi connectivity index (χ2v) is 7.47. The van der Waals surface area contributed by atoms with Gasteiger partial charge in [0.15, 0.2) is 5.58 Å². The van der Waals surface area contributed by atoms with Gasteiger partial charge in [0, 0.05) is 16.8 Å². The molecule has 0 saturated heterocycles. The van der Waals surface area contributed by atoms with Gasteiger partial charge < -0.3 is 14.5 Å². The summed E-state index contributed by atoms with van der Waals surface area (Å²) in [5.41, 5.74) is 3.22. The van der Waals surface area contributed by atoms with Crippen molar-refractivity contribution >= 4 is 45.1 Å². The van der Waals surface area contributed by atoms with Crippen molar-refractivity contribution in [1.29, 1.82) is 0 Å². The van der Waals surface area contributed by atoms with E-state index in [-0.39, 0.29) is 5.91 Å². The highest BCUT2D eigenvalue weighted by Crippen LogP contribution is 2.32. The Hall–Kier alpha value is -3.83. The number of anilines is 1. The molecule has 0 spiro atoms. The lowest BCUT2D eigenvalue weighted by atomic mass is 10.1. The number of nitrogens with one attached hydrogen (secondary N) is 1. The number of oxazole rings is 1. The number of halogens is 1. The minimum atomic E-state index is -0.184. The number of aromatic nitrogens is 1. The molecular weight excluding hydrogens is 412 g/mol. The maximum Gasteiger partial charge on any atom is 0.255 e. The van der Waals surface area contributed by atoms with E-state index in [2.05, 4.69) is 10.3 Å². The van der Waals surface area contributed by atoms with E-state index in [0.29, 0.717) is 39.0 Å². The zero-order chi connectivity index (χ0) is 21.4. The molecule has 0 radical (unpaired) electrons. The summed E-state index contributed by atoms with van der Waals surface area (Å²) in [5, 5.41) is 5.52. The lowest BCUT2D eigenvalue weighted by Crippen LogP contribution is -2.11. The molecule has 0 bridgehead atoms. The van der Waals surface area contributed by atoms with Gasteiger partial charge in [0.25, 0.3) is 5.91 Å². The summed E-state index contributed by atoms with van der Waals surface area (Å²) in [4.78, 5) is 17.3. The van der Waals surface area contributed by atoms with Gasteiger partial charge in [-0.2, -0.15) is 0 Å². The van der Waals surface area contributed by atoms with Crippen LogP contribution < -0.4 is 10.1 Å². The predicted molar refractivity (Wildman–Crippen MR) is 123 cm³/mol. The van der Waals surface area contributed by atoms with Gasteiger partial charge in [-0.15, -0.1) is 0 Å². The van der Waals surface area contributed by atoms with Crippen LogP contribution in [0.15, 0.2) is 83.3 Å². The second-order valence-electron chi connectivity index (χ2n) is 7.07. The van der Waals surface area contributed by atoms with Crippen LogP contribution in [-0.4, -0.2) is 18.0 Å². The van der Waals surface area contributed by atoms with Gasteiger partial charge >= 0.3 is 0 Å². The van der Waals surface area contributed by atoms with E-state index in [0.717, 1.165) is 16.3 Å². The third-order valence-electron chi connectivity index (χ3n) is 5.06. The monoisotopic (exact) mass is 428 g/mol. The van der Waals surface area contributed by atoms with Crippen LogP contribution in [0, 0.1) is 0 Å². The Kier molecular flexibility index (Phi) is 4.81. The summed E-state index contributed by atoms with van der Waals surface area (Å²) in [6, 6.07) is 24.3. The van der Waals surface area contributed by atoms with Crippen molar-refractivity contribution in [3.8, 4) is 17.2 Å². The van der Waals surface area contributed by atoms with E-state index in [1.807, 2.05) is 48.5 Å². The quantitative estimate of drug-likeness (QED) is 0.352. The molecule has 1 heterocycles. The molecular formula is C25H17ClN2O3. The molecule has 0 saturated carbocycles. The van der Waals surface area contributed by atoms with Gasteiger partial charge in [-0.05, 0) is 59.3 Å². The zero-order valence-electron chi connectivity index (χ0n) is 16.6. The van der Waals surface area contributed by atoms with E-state index in [1.54, 1.807) is 37.4 Å². The number of nitrogens with zero attached hydrogens (tertiary/aromatic N) is 1. The first-order chi connectivity index (χ1) is 15.1. The van der Waals surface area contributed by atoms with Gasteiger partial charge in [-0.25, -0.2) is 4.98 Å². The number of carbonyl (C=O) groups excluding carboxylic acids is 1. The molecule has 0 atom stereocenters. The summed E-state index contributed by atoms with van der Waals surface area (Å²) in [6.07, 6.45) is 0. The Morgan fingerprint density at radius 1 is 0.968 bits per heavy atom. The van der Waals surface area contributed by atoms with Gasteiger partial charge in [0.2, 0.25) is 5.89 Å². The number of hydrogen-bond donors (Lipinski definition) is 1. The number of amides is 1. The highest BCUT2D eigenvalue weighted by molar-refractivity contribution is 6.32. The van der Waals surface area contributed by atoms with Crippen LogP contribution in [0.4, 0.5) is 5.69 Å². The Bertz CT molecular complexity index is 1440. The second kappa shape index (κ2) is 7.78. The molecule has 0 aliphatic heterocycles. The first-order valence-corrected chi connectivity index (χ1v) is 10.0. The van der Waals surface area contributed by atoms with Gasteiger partial charge in [0.1, 0.15) is 11.3 Å². The fourth-order valence-electron chi connectivity index (χ4n) is 3.46. The zero-order valence-corrected chi connectivity index (χ0v) is 17.3. The van der Waals surface area contributed by atoms with E-state index < -0.39 is 0 Å². The number of benzene rings is 4. The molecule has 1 amide bonds. The van der Waals surface area contributed by atoms with E-state index in [1.165, 1.54) is 0 Å². The Balaban J connectivity index is 1.41. The number of methoxy groups -OCH3 is 1. The molecule has 0 fully saturated rings. The summed E-state index contributed by atoms with van der Waals surface area (Å²) in [6.45, 7) is 0. The van der Waals surface area contributed by atoms with Crippen LogP contribution in [0.25, 0.3) is 33.3 Å². The molecule has 0 aliphatic carbocycles. The summed E-state index contributed by atoms with van der Waals surface area (Å²) in [5.74, 6) is 0.841. The van der Waals surface area contributed by atoms with Crippen molar-refractivity contribution in [3.63, 3.8) is 0 Å². The van der Waals surface area contributed by atoms with E-state index in [4.69, 9.17) is 20.8 Å². The van der Waals surface area contributed by atoms with E-state index >= 15 is 0 Å². The largest absolute Gasteiger partial charge is 0.495 e. The SMILES string of the molecule is COc1ccc(-c2nc3cc(NC(=O)c4ccc5ccccc5c4)ccc3o2)cc1Cl. The molecule has 4 aromatic carbocycles. The fourth-order valence-corrected chi connectivity index (χ4v) is 3.72. The minimum absolute atomic E-state index is 0.184. The predicted octanol–water partition coefficient (Wildman–Crippen LogP) is 6.56. The molecule has 0 aliphatic rings. The lowest BCUT2D eigenvalue weighted by Gasteiger charge is -2.06. The third-order valence-corrected chi connectivity index (χ3v) is 5.35. The molecule has 6 heteroatoms. The van der Waals surface area contributed by atoms with Gasteiger partial charge in [0.05, 0.1) is 12.1 Å². The average Bonchev–Trinajstić information content (AvgIpc) is 3.22. The van der Waals surface area contributed by atoms with E-state index in [9.17, 15) is 4.79 Å². The van der Waals surface area contributed by atoms with Crippen molar-refractivity contribution in [2.24, 2.45) is 0 Å². The van der Waals surface area contributed by atoms with Crippen LogP contribution >= 0.6 is 11.6 Å². The molecule has 0 unspecified atom stereocenters. The van der Waals surface area contributed by atoms with Gasteiger partial charge in [-0.3, -0.25) is 4.79 Å². The Labute approximate surface area is 183 Å². The molecule has 31 heavy (non-hydrogen) atoms. The third kappa shape index (κ3) is 3.71. The average molecular weight is 429 g/mol. The van der Waals surface area contributed by atoms with Crippen LogP contribution in [0.1, 0.15) is 10.4 Å². The van der Waals surface area contributed by atoms with Gasteiger partial charge in [-0.1, -0.05) is 41.9 Å². The van der Waals surface area contributed by atoms with Crippen molar-refractivity contribution < 1.29 is 13.9 Å². The maximum absolute atomic E-state index is 12.7. The van der Waals surface area contributed by atoms with Crippen molar-refractivity contribution in [2.45, 2.75) is 0 Å². The first-order valence-electron chi connectivity index (χ1n) is 9.65. The molecule has 1 aromatic heterocycles. The number of hydrogen-bond acceptors (Lipinski definition) is 4. The molecule has 5 aromatic rings. The minimum Gasteiger partial charge on any atom is -0.495 e. The molecule has 5 nitrogen and oxygen atoms in total. The topological polar surface area (TPSA) is 64.4 Å². The lowest BCUT2D eigenvalue weighted by molar-refractivity contribution is 0.102. The molecule has 5 rings (SSSR count). The highest BCUT2D eigenvalue weighted by atomic mass is 35.5. The number of rotatable bonds is 4. The van der Waals surface area contributed by atoms with Crippen molar-refractivity contribution in [2.75, 3.05) is 12.4 Å². The maximum atomic E-state index is 12.7. The fraction of sp³-hybridized carbons (Fsp3) is 0.0400. The number of carbonyl (C=O) groups is 1. The highest BCUT2D eigenvalue weighted by Gasteiger charge is 2.13. The molecule has 1 N–H and O–H groups in total. The van der Waals surface area contributed by atoms with Crippen LogP contribution in [0.3, 0.4) is 0 Å². The van der Waals surface area contributed by atoms with Crippen LogP contribution in [-0.2, 0) is 0 Å². The van der Waals surface area contributed by atoms with Crippen molar-refractivity contribution in [1.82, 2.24) is 4.98 Å². The Morgan fingerprint density at radius 2 is 1.81 bits per heavy atom. The molecule has 152 valence electrons.